The number of nitrogens with zero attached hydrogens (tertiary/aromatic N) is 1. The predicted molar refractivity (Wildman–Crippen MR) is 157 cm³/mol. The van der Waals surface area contributed by atoms with Crippen LogP contribution in [-0.4, -0.2) is 39.6 Å². The van der Waals surface area contributed by atoms with E-state index >= 15 is 0 Å². The highest BCUT2D eigenvalue weighted by Crippen LogP contribution is 2.35. The van der Waals surface area contributed by atoms with Gasteiger partial charge in [0.1, 0.15) is 17.2 Å². The number of carboxylic acids is 2. The molecule has 3 aromatic carbocycles. The fourth-order valence-electron chi connectivity index (χ4n) is 4.94. The lowest BCUT2D eigenvalue weighted by Gasteiger charge is -2.13. The van der Waals surface area contributed by atoms with Crippen LogP contribution in [0.15, 0.2) is 66.7 Å². The van der Waals surface area contributed by atoms with Gasteiger partial charge in [-0.15, -0.1) is 13.2 Å². The molecular weight excluding hydrogens is 565 g/mol. The van der Waals surface area contributed by atoms with Crippen molar-refractivity contribution in [3.63, 3.8) is 0 Å². The average molecular weight is 599 g/mol. The molecule has 0 aliphatic rings. The molecule has 0 bridgehead atoms. The molecule has 0 saturated heterocycles. The number of anilines is 1. The number of ether oxygens (including phenoxy) is 2. The molecule has 11 heteroatoms. The van der Waals surface area contributed by atoms with Gasteiger partial charge in [-0.3, -0.25) is 4.79 Å². The van der Waals surface area contributed by atoms with Crippen molar-refractivity contribution in [2.75, 3.05) is 11.9 Å². The van der Waals surface area contributed by atoms with Crippen LogP contribution in [0, 0.1) is 0 Å². The first kappa shape index (κ1) is 31.3. The Morgan fingerprint density at radius 3 is 2.09 bits per heavy atom. The summed E-state index contributed by atoms with van der Waals surface area (Å²) in [7, 11) is 0. The van der Waals surface area contributed by atoms with Crippen LogP contribution in [0.2, 0.25) is 0 Å². The molecule has 43 heavy (non-hydrogen) atoms. The van der Waals surface area contributed by atoms with Crippen molar-refractivity contribution in [3.8, 4) is 22.9 Å². The molecule has 0 unspecified atom stereocenters. The summed E-state index contributed by atoms with van der Waals surface area (Å²) in [6.07, 6.45) is 1.76. The van der Waals surface area contributed by atoms with E-state index in [4.69, 9.17) is 4.74 Å². The largest absolute Gasteiger partial charge is 0.573 e. The first-order chi connectivity index (χ1) is 20.6. The summed E-state index contributed by atoms with van der Waals surface area (Å²) < 4.78 is 48.6. The third-order valence-corrected chi connectivity index (χ3v) is 6.85. The molecule has 4 rings (SSSR count). The number of aromatic nitrogens is 1. The Kier molecular flexibility index (Phi) is 10.2. The molecule has 228 valence electrons. The number of fused-ring (bicyclic) bond motifs is 1. The zero-order valence-electron chi connectivity index (χ0n) is 23.6. The van der Waals surface area contributed by atoms with Gasteiger partial charge < -0.3 is 29.6 Å². The first-order valence-electron chi connectivity index (χ1n) is 14.1. The highest BCUT2D eigenvalue weighted by Gasteiger charge is 2.31. The molecule has 8 nitrogen and oxygen atoms in total. The number of hydrogen-bond acceptors (Lipinski definition) is 5. The van der Waals surface area contributed by atoms with E-state index in [0.717, 1.165) is 37.2 Å². The van der Waals surface area contributed by atoms with Gasteiger partial charge in [-0.05, 0) is 73.2 Å². The minimum atomic E-state index is -4.83. The number of rotatable bonds is 15. The number of hydrogen-bond donors (Lipinski definition) is 3. The molecule has 1 aromatic heterocycles. The molecule has 0 aliphatic heterocycles. The summed E-state index contributed by atoms with van der Waals surface area (Å²) in [5.41, 5.74) is 1.86. The van der Waals surface area contributed by atoms with E-state index < -0.39 is 30.5 Å². The minimum absolute atomic E-state index is 0.0913. The van der Waals surface area contributed by atoms with Crippen LogP contribution < -0.4 is 14.8 Å². The van der Waals surface area contributed by atoms with Crippen LogP contribution in [0.3, 0.4) is 0 Å². The molecule has 0 aliphatic carbocycles. The number of unbranched alkanes of at least 4 members (excludes halogenated alkanes) is 5. The normalized spacial score (nSPS) is 11.4. The summed E-state index contributed by atoms with van der Waals surface area (Å²) in [6, 6.07) is 16.8. The maximum absolute atomic E-state index is 12.5. The fraction of sp³-hybridized carbons (Fsp3) is 0.312. The van der Waals surface area contributed by atoms with Crippen LogP contribution >= 0.6 is 0 Å². The topological polar surface area (TPSA) is 110 Å². The molecule has 3 N–H and O–H groups in total. The number of halogens is 3. The third kappa shape index (κ3) is 8.43. The minimum Gasteiger partial charge on any atom is -0.481 e. The molecule has 1 heterocycles. The lowest BCUT2D eigenvalue weighted by atomic mass is 10.1. The maximum Gasteiger partial charge on any atom is 0.573 e. The van der Waals surface area contributed by atoms with Gasteiger partial charge in [-0.1, -0.05) is 39.0 Å². The van der Waals surface area contributed by atoms with Crippen LogP contribution in [-0.2, 0) is 11.2 Å². The summed E-state index contributed by atoms with van der Waals surface area (Å²) in [5, 5.41) is 23.4. The summed E-state index contributed by atoms with van der Waals surface area (Å²) in [4.78, 5) is 24.2. The maximum atomic E-state index is 12.5. The molecule has 0 amide bonds. The van der Waals surface area contributed by atoms with Crippen molar-refractivity contribution < 1.29 is 42.4 Å². The molecule has 0 fully saturated rings. The van der Waals surface area contributed by atoms with Crippen molar-refractivity contribution >= 4 is 28.5 Å². The van der Waals surface area contributed by atoms with Gasteiger partial charge in [-0.2, -0.15) is 0 Å². The molecule has 0 spiro atoms. The van der Waals surface area contributed by atoms with Crippen LogP contribution in [0.1, 0.15) is 61.5 Å². The van der Waals surface area contributed by atoms with Crippen molar-refractivity contribution in [3.05, 3.63) is 78.0 Å². The van der Waals surface area contributed by atoms with E-state index in [1.54, 1.807) is 28.8 Å². The first-order valence-corrected chi connectivity index (χ1v) is 14.1. The van der Waals surface area contributed by atoms with Crippen LogP contribution in [0.5, 0.6) is 17.2 Å². The van der Waals surface area contributed by atoms with E-state index in [-0.39, 0.29) is 28.1 Å². The standard InChI is InChI=1S/C32H33F3N2O6/c1-2-3-4-5-6-7-18-36-21-8-10-22(11-9-21)37-27-17-16-25(19-26(27)30(31(40)41)28(37)20-29(38)39)42-23-12-14-24(15-13-23)43-32(33,34)35/h8-17,19,36H,2-7,18,20H2,1H3,(H,38,39)(H,40,41). The van der Waals surface area contributed by atoms with E-state index in [0.29, 0.717) is 11.2 Å². The van der Waals surface area contributed by atoms with Gasteiger partial charge in [0.25, 0.3) is 0 Å². The molecule has 0 radical (unpaired) electrons. The monoisotopic (exact) mass is 598 g/mol. The number of aromatic carboxylic acids is 1. The van der Waals surface area contributed by atoms with E-state index in [2.05, 4.69) is 17.0 Å². The summed E-state index contributed by atoms with van der Waals surface area (Å²) in [5.74, 6) is -2.50. The van der Waals surface area contributed by atoms with Crippen molar-refractivity contribution in [1.29, 1.82) is 0 Å². The Morgan fingerprint density at radius 2 is 1.47 bits per heavy atom. The van der Waals surface area contributed by atoms with Gasteiger partial charge in [0, 0.05) is 29.0 Å². The highest BCUT2D eigenvalue weighted by atomic mass is 19.4. The zero-order valence-corrected chi connectivity index (χ0v) is 23.6. The second-order valence-corrected chi connectivity index (χ2v) is 10.1. The number of alkyl halides is 3. The molecule has 0 atom stereocenters. The molecule has 0 saturated carbocycles. The second-order valence-electron chi connectivity index (χ2n) is 10.1. The number of benzene rings is 3. The third-order valence-electron chi connectivity index (χ3n) is 6.85. The number of aliphatic carboxylic acids is 1. The van der Waals surface area contributed by atoms with Crippen molar-refractivity contribution in [1.82, 2.24) is 4.57 Å². The second kappa shape index (κ2) is 14.0. The molecule has 4 aromatic rings. The van der Waals surface area contributed by atoms with E-state index in [1.807, 2.05) is 12.1 Å². The predicted octanol–water partition coefficient (Wildman–Crippen LogP) is 8.42. The number of carboxylic acid groups (broad SMARTS) is 2. The fourth-order valence-corrected chi connectivity index (χ4v) is 4.94. The Bertz CT molecular complexity index is 1550. The van der Waals surface area contributed by atoms with Gasteiger partial charge >= 0.3 is 18.3 Å². The molecular formula is C32H33F3N2O6. The Hall–Kier alpha value is -4.67. The lowest BCUT2D eigenvalue weighted by Crippen LogP contribution is -2.16. The Balaban J connectivity index is 1.60. The van der Waals surface area contributed by atoms with Gasteiger partial charge in [0.2, 0.25) is 0 Å². The zero-order chi connectivity index (χ0) is 31.0. The number of carbonyl (C=O) groups is 2. The van der Waals surface area contributed by atoms with Gasteiger partial charge in [-0.25, -0.2) is 4.79 Å². The van der Waals surface area contributed by atoms with E-state index in [1.165, 1.54) is 43.9 Å². The van der Waals surface area contributed by atoms with Crippen molar-refractivity contribution in [2.45, 2.75) is 58.2 Å². The van der Waals surface area contributed by atoms with E-state index in [9.17, 15) is 33.0 Å². The smallest absolute Gasteiger partial charge is 0.481 e. The Morgan fingerprint density at radius 1 is 0.837 bits per heavy atom. The number of nitrogens with one attached hydrogen (secondary N) is 1. The van der Waals surface area contributed by atoms with Crippen LogP contribution in [0.25, 0.3) is 16.6 Å². The summed E-state index contributed by atoms with van der Waals surface area (Å²) in [6.45, 7) is 3.01. The van der Waals surface area contributed by atoms with Crippen molar-refractivity contribution in [2.24, 2.45) is 0 Å². The quantitative estimate of drug-likeness (QED) is 0.118. The van der Waals surface area contributed by atoms with Gasteiger partial charge in [0.15, 0.2) is 0 Å². The van der Waals surface area contributed by atoms with Crippen LogP contribution in [0.4, 0.5) is 18.9 Å². The Labute approximate surface area is 246 Å². The summed E-state index contributed by atoms with van der Waals surface area (Å²) >= 11 is 0. The van der Waals surface area contributed by atoms with Gasteiger partial charge in [0.05, 0.1) is 17.5 Å². The highest BCUT2D eigenvalue weighted by molar-refractivity contribution is 6.07. The lowest BCUT2D eigenvalue weighted by molar-refractivity contribution is -0.274. The average Bonchev–Trinajstić information content (AvgIpc) is 3.25. The SMILES string of the molecule is CCCCCCCCNc1ccc(-n2c(CC(=O)O)c(C(=O)O)c3cc(Oc4ccc(OC(F)(F)F)cc4)ccc32)cc1.